The first-order chi connectivity index (χ1) is 8.61. The monoisotopic (exact) mass is 281 g/mol. The molecule has 0 atom stereocenters. The average Bonchev–Trinajstić information content (AvgIpc) is 2.66. The molecule has 18 heavy (non-hydrogen) atoms. The van der Waals surface area contributed by atoms with Crippen molar-refractivity contribution in [2.45, 2.75) is 26.4 Å². The number of thiophene rings is 1. The summed E-state index contributed by atoms with van der Waals surface area (Å²) in [5, 5.41) is 0.860. The van der Waals surface area contributed by atoms with Crippen LogP contribution in [0.25, 0.3) is 10.2 Å². The molecule has 3 heterocycles. The van der Waals surface area contributed by atoms with Crippen LogP contribution in [0.5, 0.6) is 0 Å². The van der Waals surface area contributed by atoms with E-state index in [0.717, 1.165) is 29.7 Å². The van der Waals surface area contributed by atoms with E-state index in [9.17, 15) is 4.79 Å². The van der Waals surface area contributed by atoms with Gasteiger partial charge in [0, 0.05) is 24.5 Å². The third kappa shape index (κ3) is 1.67. The van der Waals surface area contributed by atoms with Gasteiger partial charge in [-0.2, -0.15) is 0 Å². The van der Waals surface area contributed by atoms with Gasteiger partial charge in [0.05, 0.1) is 5.39 Å². The number of fused-ring (bicyclic) bond motifs is 3. The molecule has 4 nitrogen and oxygen atoms in total. The maximum Gasteiger partial charge on any atom is 0.263 e. The van der Waals surface area contributed by atoms with Gasteiger partial charge in [0.2, 0.25) is 0 Å². The molecule has 6 heteroatoms. The summed E-state index contributed by atoms with van der Waals surface area (Å²) < 4.78 is 2.17. The summed E-state index contributed by atoms with van der Waals surface area (Å²) in [5.74, 6) is 0. The summed E-state index contributed by atoms with van der Waals surface area (Å²) in [6.45, 7) is 4.51. The summed E-state index contributed by atoms with van der Waals surface area (Å²) >= 11 is 6.91. The molecule has 0 saturated carbocycles. The second-order valence-electron chi connectivity index (χ2n) is 4.68. The molecular formula is C12H15N3OS2. The van der Waals surface area contributed by atoms with Crippen LogP contribution in [0.2, 0.25) is 0 Å². The van der Waals surface area contributed by atoms with Gasteiger partial charge < -0.3 is 9.88 Å². The van der Waals surface area contributed by atoms with Crippen LogP contribution in [0.4, 0.5) is 0 Å². The minimum absolute atomic E-state index is 0.0679. The van der Waals surface area contributed by atoms with E-state index >= 15 is 0 Å². The highest BCUT2D eigenvalue weighted by atomic mass is 32.1. The Bertz CT molecular complexity index is 725. The molecular weight excluding hydrogens is 266 g/mol. The second kappa shape index (κ2) is 4.29. The van der Waals surface area contributed by atoms with Gasteiger partial charge in [-0.1, -0.05) is 0 Å². The van der Waals surface area contributed by atoms with Gasteiger partial charge in [-0.05, 0) is 38.2 Å². The largest absolute Gasteiger partial charge is 0.323 e. The van der Waals surface area contributed by atoms with Crippen molar-refractivity contribution in [2.75, 3.05) is 13.6 Å². The fourth-order valence-electron chi connectivity index (χ4n) is 2.52. The Hall–Kier alpha value is -0.980. The van der Waals surface area contributed by atoms with Crippen LogP contribution >= 0.6 is 23.6 Å². The van der Waals surface area contributed by atoms with Gasteiger partial charge in [-0.3, -0.25) is 9.36 Å². The molecule has 0 bridgehead atoms. The number of nitrogens with one attached hydrogen (secondary N) is 1. The number of aromatic amines is 1. The Labute approximate surface area is 114 Å². The molecule has 0 spiro atoms. The molecule has 0 fully saturated rings. The fraction of sp³-hybridized carbons (Fsp3) is 0.500. The van der Waals surface area contributed by atoms with Crippen LogP contribution < -0.4 is 5.56 Å². The van der Waals surface area contributed by atoms with Gasteiger partial charge in [-0.25, -0.2) is 0 Å². The Balaban J connectivity index is 2.38. The molecule has 1 N–H and O–H groups in total. The average molecular weight is 281 g/mol. The number of hydrogen-bond donors (Lipinski definition) is 1. The Morgan fingerprint density at radius 1 is 1.50 bits per heavy atom. The van der Waals surface area contributed by atoms with Crippen LogP contribution in [0.15, 0.2) is 4.79 Å². The van der Waals surface area contributed by atoms with Gasteiger partial charge in [0.1, 0.15) is 4.83 Å². The summed E-state index contributed by atoms with van der Waals surface area (Å²) in [6, 6.07) is 0. The Kier molecular flexibility index (Phi) is 2.88. The normalized spacial score (nSPS) is 16.1. The van der Waals surface area contributed by atoms with Crippen LogP contribution in [-0.4, -0.2) is 28.0 Å². The van der Waals surface area contributed by atoms with Crippen LogP contribution in [-0.2, 0) is 19.5 Å². The number of hydrogen-bond acceptors (Lipinski definition) is 4. The van der Waals surface area contributed by atoms with Crippen molar-refractivity contribution in [3.63, 3.8) is 0 Å². The van der Waals surface area contributed by atoms with Crippen molar-refractivity contribution in [3.05, 3.63) is 25.6 Å². The summed E-state index contributed by atoms with van der Waals surface area (Å²) in [7, 11) is 2.11. The first-order valence-corrected chi connectivity index (χ1v) is 7.30. The lowest BCUT2D eigenvalue weighted by atomic mass is 10.1. The zero-order valence-corrected chi connectivity index (χ0v) is 12.1. The van der Waals surface area contributed by atoms with Crippen molar-refractivity contribution in [3.8, 4) is 0 Å². The fourth-order valence-corrected chi connectivity index (χ4v) is 4.22. The zero-order chi connectivity index (χ0) is 12.9. The maximum atomic E-state index is 12.5. The molecule has 0 radical (unpaired) electrons. The highest BCUT2D eigenvalue weighted by Gasteiger charge is 2.21. The molecule has 96 valence electrons. The molecule has 2 aromatic heterocycles. The first-order valence-electron chi connectivity index (χ1n) is 6.07. The molecule has 3 rings (SSSR count). The number of rotatable bonds is 1. The lowest BCUT2D eigenvalue weighted by Gasteiger charge is -2.21. The number of likely N-dealkylation sites (N-methyl/N-ethyl adjacent to an activating group) is 1. The Morgan fingerprint density at radius 3 is 3.00 bits per heavy atom. The van der Waals surface area contributed by atoms with E-state index in [2.05, 4.69) is 16.9 Å². The number of H-pyrrole nitrogens is 1. The van der Waals surface area contributed by atoms with Crippen molar-refractivity contribution in [1.82, 2.24) is 14.5 Å². The Morgan fingerprint density at radius 2 is 2.28 bits per heavy atom. The minimum atomic E-state index is 0.0679. The van der Waals surface area contributed by atoms with Crippen molar-refractivity contribution >= 4 is 33.8 Å². The molecule has 0 unspecified atom stereocenters. The molecule has 0 saturated heterocycles. The highest BCUT2D eigenvalue weighted by Crippen LogP contribution is 2.31. The van der Waals surface area contributed by atoms with E-state index in [1.54, 1.807) is 15.9 Å². The van der Waals surface area contributed by atoms with Crippen LogP contribution in [0.1, 0.15) is 17.4 Å². The predicted molar refractivity (Wildman–Crippen MR) is 77.0 cm³/mol. The molecule has 0 aliphatic carbocycles. The van der Waals surface area contributed by atoms with Crippen LogP contribution in [0, 0.1) is 4.77 Å². The van der Waals surface area contributed by atoms with E-state index in [4.69, 9.17) is 12.2 Å². The van der Waals surface area contributed by atoms with Crippen molar-refractivity contribution < 1.29 is 0 Å². The third-order valence-electron chi connectivity index (χ3n) is 3.49. The summed E-state index contributed by atoms with van der Waals surface area (Å²) in [6.07, 6.45) is 0.954. The summed E-state index contributed by atoms with van der Waals surface area (Å²) in [5.41, 5.74) is 1.30. The highest BCUT2D eigenvalue weighted by molar-refractivity contribution is 7.71. The van der Waals surface area contributed by atoms with E-state index in [1.165, 1.54) is 10.4 Å². The number of aromatic nitrogens is 2. The quantitative estimate of drug-likeness (QED) is 0.814. The lowest BCUT2D eigenvalue weighted by Crippen LogP contribution is -2.27. The third-order valence-corrected chi connectivity index (χ3v) is 4.94. The van der Waals surface area contributed by atoms with Gasteiger partial charge in [0.15, 0.2) is 4.77 Å². The molecule has 1 aliphatic rings. The van der Waals surface area contributed by atoms with Gasteiger partial charge >= 0.3 is 0 Å². The van der Waals surface area contributed by atoms with Crippen molar-refractivity contribution in [2.24, 2.45) is 0 Å². The topological polar surface area (TPSA) is 41.0 Å². The minimum Gasteiger partial charge on any atom is -0.323 e. The lowest BCUT2D eigenvalue weighted by molar-refractivity contribution is 0.318. The smallest absolute Gasteiger partial charge is 0.263 e. The van der Waals surface area contributed by atoms with Gasteiger partial charge in [0.25, 0.3) is 5.56 Å². The van der Waals surface area contributed by atoms with Crippen molar-refractivity contribution in [1.29, 1.82) is 0 Å². The van der Waals surface area contributed by atoms with Crippen LogP contribution in [0.3, 0.4) is 0 Å². The molecule has 0 amide bonds. The zero-order valence-electron chi connectivity index (χ0n) is 10.4. The predicted octanol–water partition coefficient (Wildman–Crippen LogP) is 2.13. The molecule has 0 aromatic carbocycles. The SMILES string of the molecule is CCn1c(=S)[nH]c2sc3c(c2c1=O)CCN(C)C3. The van der Waals surface area contributed by atoms with E-state index < -0.39 is 0 Å². The standard InChI is InChI=1S/C12H15N3OS2/c1-3-15-11(16)9-7-4-5-14(2)6-8(7)18-10(9)13-12(15)17/h3-6H2,1-2H3,(H,13,17). The maximum absolute atomic E-state index is 12.5. The second-order valence-corrected chi connectivity index (χ2v) is 6.17. The van der Waals surface area contributed by atoms with E-state index in [-0.39, 0.29) is 5.56 Å². The van der Waals surface area contributed by atoms with E-state index in [0.29, 0.717) is 11.3 Å². The first kappa shape index (κ1) is 12.1. The molecule has 1 aliphatic heterocycles. The van der Waals surface area contributed by atoms with Gasteiger partial charge in [-0.15, -0.1) is 11.3 Å². The summed E-state index contributed by atoms with van der Waals surface area (Å²) in [4.78, 5) is 20.2. The molecule has 2 aromatic rings. The van der Waals surface area contributed by atoms with E-state index in [1.807, 2.05) is 6.92 Å². The number of nitrogens with zero attached hydrogens (tertiary/aromatic N) is 2.